The van der Waals surface area contributed by atoms with Gasteiger partial charge in [0.25, 0.3) is 0 Å². The zero-order valence-electron chi connectivity index (χ0n) is 11.3. The van der Waals surface area contributed by atoms with Crippen LogP contribution in [0, 0.1) is 6.92 Å². The van der Waals surface area contributed by atoms with Crippen molar-refractivity contribution in [2.75, 3.05) is 13.7 Å². The van der Waals surface area contributed by atoms with Crippen LogP contribution in [0.5, 0.6) is 0 Å². The van der Waals surface area contributed by atoms with Crippen LogP contribution in [-0.2, 0) is 11.2 Å². The molecule has 0 fully saturated rings. The lowest BCUT2D eigenvalue weighted by molar-refractivity contribution is 0.112. The third-order valence-electron chi connectivity index (χ3n) is 3.20. The van der Waals surface area contributed by atoms with Crippen molar-refractivity contribution >= 4 is 6.29 Å². The maximum absolute atomic E-state index is 11.1. The van der Waals surface area contributed by atoms with Gasteiger partial charge in [0.05, 0.1) is 6.61 Å². The molecular formula is C17H18O2. The van der Waals surface area contributed by atoms with Gasteiger partial charge in [0.1, 0.15) is 0 Å². The molecule has 0 atom stereocenters. The Morgan fingerprint density at radius 1 is 1.11 bits per heavy atom. The molecule has 0 heterocycles. The molecule has 2 aromatic rings. The van der Waals surface area contributed by atoms with Crippen molar-refractivity contribution < 1.29 is 9.53 Å². The molecule has 0 aliphatic rings. The number of aryl methyl sites for hydroxylation is 1. The number of carbonyl (C=O) groups is 1. The van der Waals surface area contributed by atoms with Gasteiger partial charge in [-0.05, 0) is 30.0 Å². The molecule has 0 aliphatic heterocycles. The number of hydrogen-bond donors (Lipinski definition) is 0. The minimum atomic E-state index is 0.726. The Bertz CT molecular complexity index is 556. The summed E-state index contributed by atoms with van der Waals surface area (Å²) >= 11 is 0. The molecule has 0 aromatic heterocycles. The van der Waals surface area contributed by atoms with Gasteiger partial charge in [0, 0.05) is 12.7 Å². The molecule has 0 saturated carbocycles. The van der Waals surface area contributed by atoms with Crippen molar-refractivity contribution in [1.82, 2.24) is 0 Å². The topological polar surface area (TPSA) is 26.3 Å². The van der Waals surface area contributed by atoms with Gasteiger partial charge in [-0.3, -0.25) is 4.79 Å². The molecule has 2 aromatic carbocycles. The number of ether oxygens (including phenoxy) is 1. The standard InChI is InChI=1S/C17H18O2/c1-13-3-6-16(12-18)17(11-13)15-7-4-14(5-8-15)9-10-19-2/h3-8,11-12H,9-10H2,1-2H3. The highest BCUT2D eigenvalue weighted by Gasteiger charge is 2.05. The van der Waals surface area contributed by atoms with Crippen molar-refractivity contribution in [3.63, 3.8) is 0 Å². The van der Waals surface area contributed by atoms with Gasteiger partial charge in [-0.2, -0.15) is 0 Å². The maximum atomic E-state index is 11.1. The van der Waals surface area contributed by atoms with Crippen LogP contribution in [0.1, 0.15) is 21.5 Å². The Kier molecular flexibility index (Phi) is 4.48. The molecule has 2 nitrogen and oxygen atoms in total. The lowest BCUT2D eigenvalue weighted by atomic mass is 9.97. The zero-order valence-corrected chi connectivity index (χ0v) is 11.3. The van der Waals surface area contributed by atoms with Gasteiger partial charge in [-0.1, -0.05) is 48.0 Å². The van der Waals surface area contributed by atoms with E-state index in [1.807, 2.05) is 25.1 Å². The molecule has 0 spiro atoms. The highest BCUT2D eigenvalue weighted by molar-refractivity contribution is 5.87. The minimum Gasteiger partial charge on any atom is -0.384 e. The van der Waals surface area contributed by atoms with E-state index in [1.165, 1.54) is 5.56 Å². The summed E-state index contributed by atoms with van der Waals surface area (Å²) in [5.41, 5.74) is 5.20. The van der Waals surface area contributed by atoms with Gasteiger partial charge < -0.3 is 4.74 Å². The van der Waals surface area contributed by atoms with Crippen molar-refractivity contribution in [2.24, 2.45) is 0 Å². The first-order chi connectivity index (χ1) is 9.24. The van der Waals surface area contributed by atoms with Crippen LogP contribution in [0.4, 0.5) is 0 Å². The number of rotatable bonds is 5. The van der Waals surface area contributed by atoms with Crippen molar-refractivity contribution in [3.05, 3.63) is 59.2 Å². The van der Waals surface area contributed by atoms with E-state index in [9.17, 15) is 4.79 Å². The number of methoxy groups -OCH3 is 1. The summed E-state index contributed by atoms with van der Waals surface area (Å²) in [6.45, 7) is 2.76. The third kappa shape index (κ3) is 3.30. The molecule has 0 unspecified atom stereocenters. The first-order valence-corrected chi connectivity index (χ1v) is 6.38. The minimum absolute atomic E-state index is 0.726. The van der Waals surface area contributed by atoms with E-state index >= 15 is 0 Å². The number of carbonyl (C=O) groups excluding carboxylic acids is 1. The molecule has 0 saturated heterocycles. The van der Waals surface area contributed by atoms with Gasteiger partial charge >= 0.3 is 0 Å². The Balaban J connectivity index is 2.31. The fourth-order valence-electron chi connectivity index (χ4n) is 2.09. The van der Waals surface area contributed by atoms with E-state index in [4.69, 9.17) is 4.74 Å². The average molecular weight is 254 g/mol. The fourth-order valence-corrected chi connectivity index (χ4v) is 2.09. The second-order valence-electron chi connectivity index (χ2n) is 4.65. The summed E-state index contributed by atoms with van der Waals surface area (Å²) in [5, 5.41) is 0. The van der Waals surface area contributed by atoms with E-state index in [0.717, 1.165) is 41.6 Å². The Morgan fingerprint density at radius 3 is 2.47 bits per heavy atom. The summed E-state index contributed by atoms with van der Waals surface area (Å²) in [5.74, 6) is 0. The fraction of sp³-hybridized carbons (Fsp3) is 0.235. The number of hydrogen-bond acceptors (Lipinski definition) is 2. The molecule has 0 radical (unpaired) electrons. The van der Waals surface area contributed by atoms with Crippen LogP contribution >= 0.6 is 0 Å². The molecule has 0 amide bonds. The van der Waals surface area contributed by atoms with Gasteiger partial charge in [-0.15, -0.1) is 0 Å². The molecule has 0 aliphatic carbocycles. The Morgan fingerprint density at radius 2 is 1.84 bits per heavy atom. The predicted octanol–water partition coefficient (Wildman–Crippen LogP) is 3.66. The first kappa shape index (κ1) is 13.5. The van der Waals surface area contributed by atoms with Crippen LogP contribution in [0.2, 0.25) is 0 Å². The largest absolute Gasteiger partial charge is 0.384 e. The lowest BCUT2D eigenvalue weighted by Crippen LogP contribution is -1.94. The van der Waals surface area contributed by atoms with Crippen LogP contribution < -0.4 is 0 Å². The second-order valence-corrected chi connectivity index (χ2v) is 4.65. The van der Waals surface area contributed by atoms with Gasteiger partial charge in [-0.25, -0.2) is 0 Å². The number of aldehydes is 1. The molecule has 98 valence electrons. The quantitative estimate of drug-likeness (QED) is 0.761. The number of benzene rings is 2. The lowest BCUT2D eigenvalue weighted by Gasteiger charge is -2.08. The Hall–Kier alpha value is -1.93. The third-order valence-corrected chi connectivity index (χ3v) is 3.20. The second kappa shape index (κ2) is 6.30. The summed E-state index contributed by atoms with van der Waals surface area (Å²) in [4.78, 5) is 11.1. The Labute approximate surface area is 114 Å². The van der Waals surface area contributed by atoms with Crippen LogP contribution in [0.15, 0.2) is 42.5 Å². The van der Waals surface area contributed by atoms with E-state index in [0.29, 0.717) is 0 Å². The molecule has 2 heteroatoms. The van der Waals surface area contributed by atoms with E-state index < -0.39 is 0 Å². The van der Waals surface area contributed by atoms with Crippen molar-refractivity contribution in [3.8, 4) is 11.1 Å². The van der Waals surface area contributed by atoms with Gasteiger partial charge in [0.2, 0.25) is 0 Å². The molecule has 0 N–H and O–H groups in total. The van der Waals surface area contributed by atoms with Crippen LogP contribution in [0.25, 0.3) is 11.1 Å². The molecular weight excluding hydrogens is 236 g/mol. The molecule has 2 rings (SSSR count). The summed E-state index contributed by atoms with van der Waals surface area (Å²) in [7, 11) is 1.71. The van der Waals surface area contributed by atoms with E-state index in [-0.39, 0.29) is 0 Å². The SMILES string of the molecule is COCCc1ccc(-c2cc(C)ccc2C=O)cc1. The summed E-state index contributed by atoms with van der Waals surface area (Å²) in [6.07, 6.45) is 1.82. The normalized spacial score (nSPS) is 10.4. The van der Waals surface area contributed by atoms with E-state index in [1.54, 1.807) is 7.11 Å². The monoisotopic (exact) mass is 254 g/mol. The van der Waals surface area contributed by atoms with Crippen LogP contribution in [0.3, 0.4) is 0 Å². The van der Waals surface area contributed by atoms with E-state index in [2.05, 4.69) is 24.3 Å². The first-order valence-electron chi connectivity index (χ1n) is 6.38. The molecule has 19 heavy (non-hydrogen) atoms. The van der Waals surface area contributed by atoms with Crippen molar-refractivity contribution in [1.29, 1.82) is 0 Å². The maximum Gasteiger partial charge on any atom is 0.150 e. The molecule has 0 bridgehead atoms. The predicted molar refractivity (Wildman–Crippen MR) is 77.6 cm³/mol. The highest BCUT2D eigenvalue weighted by atomic mass is 16.5. The smallest absolute Gasteiger partial charge is 0.150 e. The van der Waals surface area contributed by atoms with Crippen LogP contribution in [-0.4, -0.2) is 20.0 Å². The highest BCUT2D eigenvalue weighted by Crippen LogP contribution is 2.24. The van der Waals surface area contributed by atoms with Gasteiger partial charge in [0.15, 0.2) is 6.29 Å². The zero-order chi connectivity index (χ0) is 13.7. The summed E-state index contributed by atoms with van der Waals surface area (Å²) < 4.78 is 5.07. The van der Waals surface area contributed by atoms with Crippen molar-refractivity contribution in [2.45, 2.75) is 13.3 Å². The average Bonchev–Trinajstić information content (AvgIpc) is 2.45. The summed E-state index contributed by atoms with van der Waals surface area (Å²) in [6, 6.07) is 14.2.